The lowest BCUT2D eigenvalue weighted by Crippen LogP contribution is -2.11. The first-order valence-corrected chi connectivity index (χ1v) is 6.43. The molecule has 0 aliphatic rings. The van der Waals surface area contributed by atoms with Gasteiger partial charge in [0.05, 0.1) is 6.54 Å². The van der Waals surface area contributed by atoms with Crippen LogP contribution in [0.1, 0.15) is 15.9 Å². The van der Waals surface area contributed by atoms with Crippen molar-refractivity contribution < 1.29 is 4.79 Å². The van der Waals surface area contributed by atoms with E-state index in [1.165, 1.54) is 0 Å². The van der Waals surface area contributed by atoms with E-state index in [2.05, 4.69) is 17.2 Å². The van der Waals surface area contributed by atoms with Crippen LogP contribution >= 0.6 is 11.6 Å². The van der Waals surface area contributed by atoms with Gasteiger partial charge < -0.3 is 11.1 Å². The summed E-state index contributed by atoms with van der Waals surface area (Å²) >= 11 is 5.80. The third kappa shape index (κ3) is 3.86. The van der Waals surface area contributed by atoms with Crippen LogP contribution in [0.3, 0.4) is 0 Å². The highest BCUT2D eigenvalue weighted by molar-refractivity contribution is 6.30. The van der Waals surface area contributed by atoms with Crippen LogP contribution in [-0.2, 0) is 0 Å². The summed E-state index contributed by atoms with van der Waals surface area (Å²) in [5.74, 6) is 5.47. The van der Waals surface area contributed by atoms with E-state index in [1.54, 1.807) is 42.5 Å². The fraction of sp³-hybridized carbons (Fsp3) is 0.0625. The molecule has 0 spiro atoms. The number of amides is 1. The lowest BCUT2D eigenvalue weighted by Gasteiger charge is -2.05. The van der Waals surface area contributed by atoms with Gasteiger partial charge in [0.2, 0.25) is 0 Å². The second-order valence-corrected chi connectivity index (χ2v) is 4.48. The topological polar surface area (TPSA) is 55.1 Å². The molecule has 0 aromatic heterocycles. The standard InChI is InChI=1S/C16H13ClN2O/c17-14-6-8-15(9-7-14)19-16(20)13-5-1-3-12(11-13)4-2-10-18/h1,3,5-9,11H,10,18H2,(H,19,20). The largest absolute Gasteiger partial charge is 0.322 e. The predicted octanol–water partition coefficient (Wildman–Crippen LogP) is 2.90. The first-order valence-electron chi connectivity index (χ1n) is 6.05. The number of hydrogen-bond donors (Lipinski definition) is 2. The van der Waals surface area contributed by atoms with Gasteiger partial charge in [0, 0.05) is 21.8 Å². The molecule has 3 N–H and O–H groups in total. The number of halogens is 1. The molecule has 4 heteroatoms. The van der Waals surface area contributed by atoms with Crippen molar-refractivity contribution >= 4 is 23.2 Å². The van der Waals surface area contributed by atoms with Gasteiger partial charge in [-0.3, -0.25) is 4.79 Å². The van der Waals surface area contributed by atoms with Gasteiger partial charge in [-0.2, -0.15) is 0 Å². The van der Waals surface area contributed by atoms with Crippen molar-refractivity contribution in [2.45, 2.75) is 0 Å². The number of anilines is 1. The van der Waals surface area contributed by atoms with E-state index in [-0.39, 0.29) is 5.91 Å². The number of nitrogens with two attached hydrogens (primary N) is 1. The number of rotatable bonds is 2. The monoisotopic (exact) mass is 284 g/mol. The molecular formula is C16H13ClN2O. The number of benzene rings is 2. The maximum absolute atomic E-state index is 12.1. The Morgan fingerprint density at radius 1 is 1.20 bits per heavy atom. The van der Waals surface area contributed by atoms with E-state index in [4.69, 9.17) is 17.3 Å². The summed E-state index contributed by atoms with van der Waals surface area (Å²) in [6, 6.07) is 14.0. The smallest absolute Gasteiger partial charge is 0.255 e. The van der Waals surface area contributed by atoms with Crippen LogP contribution in [0.4, 0.5) is 5.69 Å². The van der Waals surface area contributed by atoms with E-state index in [9.17, 15) is 4.79 Å². The van der Waals surface area contributed by atoms with Crippen LogP contribution in [0.25, 0.3) is 0 Å². The summed E-state index contributed by atoms with van der Waals surface area (Å²) < 4.78 is 0. The molecule has 3 nitrogen and oxygen atoms in total. The molecule has 0 aliphatic heterocycles. The Morgan fingerprint density at radius 2 is 1.95 bits per heavy atom. The van der Waals surface area contributed by atoms with Gasteiger partial charge in [-0.05, 0) is 42.5 Å². The maximum atomic E-state index is 12.1. The first kappa shape index (κ1) is 14.1. The normalized spacial score (nSPS) is 9.50. The second-order valence-electron chi connectivity index (χ2n) is 4.05. The van der Waals surface area contributed by atoms with Gasteiger partial charge in [-0.25, -0.2) is 0 Å². The molecule has 0 saturated carbocycles. The quantitative estimate of drug-likeness (QED) is 0.833. The van der Waals surface area contributed by atoms with E-state index in [0.29, 0.717) is 22.8 Å². The van der Waals surface area contributed by atoms with Gasteiger partial charge in [0.1, 0.15) is 0 Å². The van der Waals surface area contributed by atoms with Gasteiger partial charge in [-0.15, -0.1) is 0 Å². The van der Waals surface area contributed by atoms with Crippen molar-refractivity contribution in [3.8, 4) is 11.8 Å². The van der Waals surface area contributed by atoms with Gasteiger partial charge in [0.25, 0.3) is 5.91 Å². The molecule has 0 aliphatic carbocycles. The molecule has 20 heavy (non-hydrogen) atoms. The number of hydrogen-bond acceptors (Lipinski definition) is 2. The van der Waals surface area contributed by atoms with E-state index < -0.39 is 0 Å². The predicted molar refractivity (Wildman–Crippen MR) is 81.8 cm³/mol. The van der Waals surface area contributed by atoms with E-state index >= 15 is 0 Å². The van der Waals surface area contributed by atoms with Gasteiger partial charge >= 0.3 is 0 Å². The Kier molecular flexibility index (Phi) is 4.78. The summed E-state index contributed by atoms with van der Waals surface area (Å²) in [7, 11) is 0. The molecular weight excluding hydrogens is 272 g/mol. The Labute approximate surface area is 122 Å². The zero-order chi connectivity index (χ0) is 14.4. The summed E-state index contributed by atoms with van der Waals surface area (Å²) in [5, 5.41) is 3.43. The third-order valence-electron chi connectivity index (χ3n) is 2.56. The van der Waals surface area contributed by atoms with E-state index in [0.717, 1.165) is 5.56 Å². The molecule has 1 amide bonds. The van der Waals surface area contributed by atoms with Crippen LogP contribution < -0.4 is 11.1 Å². The van der Waals surface area contributed by atoms with Crippen LogP contribution in [0.5, 0.6) is 0 Å². The molecule has 2 rings (SSSR count). The Balaban J connectivity index is 2.14. The molecule has 2 aromatic carbocycles. The van der Waals surface area contributed by atoms with Crippen molar-refractivity contribution in [2.75, 3.05) is 11.9 Å². The van der Waals surface area contributed by atoms with E-state index in [1.807, 2.05) is 6.07 Å². The molecule has 0 bridgehead atoms. The Morgan fingerprint density at radius 3 is 2.65 bits per heavy atom. The summed E-state index contributed by atoms with van der Waals surface area (Å²) in [5.41, 5.74) is 7.33. The molecule has 0 atom stereocenters. The second kappa shape index (κ2) is 6.76. The lowest BCUT2D eigenvalue weighted by molar-refractivity contribution is 0.102. The maximum Gasteiger partial charge on any atom is 0.255 e. The highest BCUT2D eigenvalue weighted by Crippen LogP contribution is 2.14. The van der Waals surface area contributed by atoms with Crippen molar-refractivity contribution in [3.05, 3.63) is 64.7 Å². The fourth-order valence-electron chi connectivity index (χ4n) is 1.63. The molecule has 0 unspecified atom stereocenters. The summed E-state index contributed by atoms with van der Waals surface area (Å²) in [4.78, 5) is 12.1. The molecule has 0 fully saturated rings. The average molecular weight is 285 g/mol. The lowest BCUT2D eigenvalue weighted by atomic mass is 10.1. The Hall–Kier alpha value is -2.28. The molecule has 2 aromatic rings. The van der Waals surface area contributed by atoms with Crippen molar-refractivity contribution in [1.29, 1.82) is 0 Å². The first-order chi connectivity index (χ1) is 9.69. The van der Waals surface area contributed by atoms with Crippen molar-refractivity contribution in [3.63, 3.8) is 0 Å². The highest BCUT2D eigenvalue weighted by atomic mass is 35.5. The highest BCUT2D eigenvalue weighted by Gasteiger charge is 2.06. The van der Waals surface area contributed by atoms with Crippen LogP contribution in [-0.4, -0.2) is 12.5 Å². The molecule has 0 heterocycles. The molecule has 100 valence electrons. The van der Waals surface area contributed by atoms with Crippen LogP contribution in [0.15, 0.2) is 48.5 Å². The number of carbonyl (C=O) groups is 1. The van der Waals surface area contributed by atoms with Crippen molar-refractivity contribution in [2.24, 2.45) is 5.73 Å². The Bertz CT molecular complexity index is 669. The summed E-state index contributed by atoms with van der Waals surface area (Å²) in [6.45, 7) is 0.293. The SMILES string of the molecule is NCC#Cc1cccc(C(=O)Nc2ccc(Cl)cc2)c1. The van der Waals surface area contributed by atoms with Gasteiger partial charge in [-0.1, -0.05) is 29.5 Å². The average Bonchev–Trinajstić information content (AvgIpc) is 2.48. The molecule has 0 radical (unpaired) electrons. The van der Waals surface area contributed by atoms with Crippen LogP contribution in [0, 0.1) is 11.8 Å². The minimum atomic E-state index is -0.191. The summed E-state index contributed by atoms with van der Waals surface area (Å²) in [6.07, 6.45) is 0. The number of carbonyl (C=O) groups excluding carboxylic acids is 1. The van der Waals surface area contributed by atoms with Crippen LogP contribution in [0.2, 0.25) is 5.02 Å². The van der Waals surface area contributed by atoms with Crippen molar-refractivity contribution in [1.82, 2.24) is 0 Å². The third-order valence-corrected chi connectivity index (χ3v) is 2.81. The fourth-order valence-corrected chi connectivity index (χ4v) is 1.75. The zero-order valence-corrected chi connectivity index (χ0v) is 11.4. The minimum absolute atomic E-state index is 0.191. The minimum Gasteiger partial charge on any atom is -0.322 e. The molecule has 0 saturated heterocycles. The van der Waals surface area contributed by atoms with Gasteiger partial charge in [0.15, 0.2) is 0 Å². The zero-order valence-electron chi connectivity index (χ0n) is 10.7. The number of nitrogens with one attached hydrogen (secondary N) is 1.